The van der Waals surface area contributed by atoms with Crippen molar-refractivity contribution in [2.24, 2.45) is 10.2 Å². The number of carbonyl (C=O) groups excluding carboxylic acids is 1. The molecule has 2 aromatic carbocycles. The number of aryl methyl sites for hydroxylation is 1. The lowest BCUT2D eigenvalue weighted by atomic mass is 10.0. The highest BCUT2D eigenvalue weighted by Crippen LogP contribution is 2.26. The largest absolute Gasteiger partial charge is 0.504 e. The molecule has 7 heteroatoms. The van der Waals surface area contributed by atoms with Gasteiger partial charge in [-0.15, -0.1) is 5.10 Å². The maximum atomic E-state index is 12.2. The lowest BCUT2D eigenvalue weighted by molar-refractivity contribution is -0.118. The van der Waals surface area contributed by atoms with Gasteiger partial charge in [0, 0.05) is 0 Å². The quantitative estimate of drug-likeness (QED) is 0.510. The van der Waals surface area contributed by atoms with E-state index >= 15 is 0 Å². The summed E-state index contributed by atoms with van der Waals surface area (Å²) in [5.74, 6) is 0.382. The van der Waals surface area contributed by atoms with Gasteiger partial charge in [-0.25, -0.2) is 0 Å². The molecule has 2 aromatic rings. The van der Waals surface area contributed by atoms with Gasteiger partial charge in [-0.3, -0.25) is 4.79 Å². The van der Waals surface area contributed by atoms with Crippen molar-refractivity contribution >= 4 is 29.1 Å². The van der Waals surface area contributed by atoms with Crippen LogP contribution in [0.2, 0.25) is 0 Å². The molecule has 1 amide bonds. The molecule has 1 fully saturated rings. The summed E-state index contributed by atoms with van der Waals surface area (Å²) in [5, 5.41) is 20.8. The fourth-order valence-electron chi connectivity index (χ4n) is 2.95. The van der Waals surface area contributed by atoms with Gasteiger partial charge in [0.2, 0.25) is 5.91 Å². The number of amides is 1. The second kappa shape index (κ2) is 10.1. The number of hydrogen-bond acceptors (Lipinski definition) is 6. The number of nitrogens with one attached hydrogen (secondary N) is 1. The number of hydrogen-bond donors (Lipinski definition) is 2. The van der Waals surface area contributed by atoms with Gasteiger partial charge in [-0.05, 0) is 54.2 Å². The van der Waals surface area contributed by atoms with Crippen LogP contribution < -0.4 is 10.1 Å². The van der Waals surface area contributed by atoms with E-state index in [0.29, 0.717) is 17.3 Å². The third-order valence-corrected chi connectivity index (χ3v) is 5.67. The highest BCUT2D eigenvalue weighted by atomic mass is 32.2. The zero-order chi connectivity index (χ0) is 20.6. The Morgan fingerprint density at radius 3 is 2.69 bits per heavy atom. The summed E-state index contributed by atoms with van der Waals surface area (Å²) in [7, 11) is 1.49. The molecule has 0 saturated carbocycles. The number of benzene rings is 2. The molecule has 1 atom stereocenters. The molecule has 2 N–H and O–H groups in total. The van der Waals surface area contributed by atoms with Gasteiger partial charge in [-0.2, -0.15) is 5.10 Å². The highest BCUT2D eigenvalue weighted by molar-refractivity contribution is 8.15. The Balaban J connectivity index is 1.58. The first kappa shape index (κ1) is 20.9. The predicted octanol–water partition coefficient (Wildman–Crippen LogP) is 3.91. The lowest BCUT2D eigenvalue weighted by Gasteiger charge is -2.06. The number of methoxy groups -OCH3 is 1. The monoisotopic (exact) mass is 411 g/mol. The number of unbranched alkanes of at least 4 members (excludes halogenated alkanes) is 1. The molecule has 6 nitrogen and oxygen atoms in total. The van der Waals surface area contributed by atoms with E-state index in [9.17, 15) is 9.90 Å². The smallest absolute Gasteiger partial charge is 0.239 e. The van der Waals surface area contributed by atoms with Crippen LogP contribution in [0.15, 0.2) is 52.7 Å². The molecule has 0 bridgehead atoms. The molecule has 0 aliphatic carbocycles. The Morgan fingerprint density at radius 2 is 1.97 bits per heavy atom. The van der Waals surface area contributed by atoms with Crippen molar-refractivity contribution in [3.05, 3.63) is 59.2 Å². The normalized spacial score (nSPS) is 17.8. The van der Waals surface area contributed by atoms with Crippen molar-refractivity contribution in [1.82, 2.24) is 5.32 Å². The SMILES string of the molecule is CCCCc1ccc(C[C@H]2S/C(=N/N=C\c3ccc(O)c(OC)c3)NC2=O)cc1. The fourth-order valence-corrected chi connectivity index (χ4v) is 3.91. The minimum atomic E-state index is -0.209. The van der Waals surface area contributed by atoms with E-state index in [-0.39, 0.29) is 16.9 Å². The summed E-state index contributed by atoms with van der Waals surface area (Å²) in [4.78, 5) is 12.2. The molecule has 1 aliphatic heterocycles. The van der Waals surface area contributed by atoms with Crippen LogP contribution in [0.5, 0.6) is 11.5 Å². The summed E-state index contributed by atoms with van der Waals surface area (Å²) in [5.41, 5.74) is 3.21. The standard InChI is InChI=1S/C22H25N3O3S/c1-3-4-5-15-6-8-16(9-7-15)13-20-21(27)24-22(29-20)25-23-14-17-10-11-18(26)19(12-17)28-2/h6-12,14,20,26H,3-5,13H2,1-2H3,(H,24,25,27)/b23-14-/t20-/m1/s1. The number of phenolic OH excluding ortho intramolecular Hbond substituents is 1. The minimum Gasteiger partial charge on any atom is -0.504 e. The Labute approximate surface area is 175 Å². The molecule has 0 radical (unpaired) electrons. The second-order valence-electron chi connectivity index (χ2n) is 6.80. The average molecular weight is 412 g/mol. The highest BCUT2D eigenvalue weighted by Gasteiger charge is 2.30. The molecular formula is C22H25N3O3S. The summed E-state index contributed by atoms with van der Waals surface area (Å²) in [6.45, 7) is 2.19. The van der Waals surface area contributed by atoms with Gasteiger partial charge >= 0.3 is 0 Å². The number of phenols is 1. The molecule has 0 unspecified atom stereocenters. The third-order valence-electron chi connectivity index (χ3n) is 4.60. The van der Waals surface area contributed by atoms with Crippen LogP contribution in [0, 0.1) is 0 Å². The Bertz CT molecular complexity index is 910. The van der Waals surface area contributed by atoms with Crippen LogP contribution >= 0.6 is 11.8 Å². The molecule has 3 rings (SSSR count). The van der Waals surface area contributed by atoms with E-state index in [1.54, 1.807) is 18.3 Å². The molecule has 1 aliphatic rings. The maximum Gasteiger partial charge on any atom is 0.239 e. The molecule has 0 aromatic heterocycles. The van der Waals surface area contributed by atoms with Crippen LogP contribution in [0.1, 0.15) is 36.5 Å². The first-order valence-corrected chi connectivity index (χ1v) is 10.5. The lowest BCUT2D eigenvalue weighted by Crippen LogP contribution is -2.25. The van der Waals surface area contributed by atoms with Gasteiger partial charge < -0.3 is 15.2 Å². The van der Waals surface area contributed by atoms with Crippen molar-refractivity contribution in [1.29, 1.82) is 0 Å². The summed E-state index contributed by atoms with van der Waals surface area (Å²) in [6, 6.07) is 13.4. The third kappa shape index (κ3) is 5.84. The van der Waals surface area contributed by atoms with E-state index in [0.717, 1.165) is 17.5 Å². The van der Waals surface area contributed by atoms with Crippen LogP contribution in [0.4, 0.5) is 0 Å². The zero-order valence-electron chi connectivity index (χ0n) is 16.6. The van der Waals surface area contributed by atoms with Crippen molar-refractivity contribution in [3.8, 4) is 11.5 Å². The van der Waals surface area contributed by atoms with Crippen LogP contribution in [0.25, 0.3) is 0 Å². The summed E-state index contributed by atoms with van der Waals surface area (Å²) in [6.07, 6.45) is 5.67. The number of ether oxygens (including phenoxy) is 1. The number of amidine groups is 1. The van der Waals surface area contributed by atoms with E-state index < -0.39 is 0 Å². The predicted molar refractivity (Wildman–Crippen MR) is 118 cm³/mol. The Kier molecular flexibility index (Phi) is 7.30. The number of carbonyl (C=O) groups is 1. The molecular weight excluding hydrogens is 386 g/mol. The first-order chi connectivity index (χ1) is 14.1. The van der Waals surface area contributed by atoms with E-state index in [2.05, 4.69) is 46.7 Å². The second-order valence-corrected chi connectivity index (χ2v) is 7.99. The number of rotatable bonds is 8. The molecule has 1 saturated heterocycles. The minimum absolute atomic E-state index is 0.0506. The first-order valence-electron chi connectivity index (χ1n) is 9.62. The van der Waals surface area contributed by atoms with Gasteiger partial charge in [0.05, 0.1) is 18.6 Å². The van der Waals surface area contributed by atoms with Crippen molar-refractivity contribution in [3.63, 3.8) is 0 Å². The van der Waals surface area contributed by atoms with Gasteiger partial charge in [-0.1, -0.05) is 49.4 Å². The van der Waals surface area contributed by atoms with Gasteiger partial charge in [0.25, 0.3) is 0 Å². The number of nitrogens with zero attached hydrogens (tertiary/aromatic N) is 2. The number of thioether (sulfide) groups is 1. The van der Waals surface area contributed by atoms with Crippen molar-refractivity contribution < 1.29 is 14.6 Å². The molecule has 152 valence electrons. The topological polar surface area (TPSA) is 83.3 Å². The van der Waals surface area contributed by atoms with E-state index in [1.807, 2.05) is 0 Å². The Hall–Kier alpha value is -2.80. The van der Waals surface area contributed by atoms with Crippen LogP contribution in [0.3, 0.4) is 0 Å². The molecule has 0 spiro atoms. The van der Waals surface area contributed by atoms with Gasteiger partial charge in [0.1, 0.15) is 0 Å². The maximum absolute atomic E-state index is 12.2. The number of aromatic hydroxyl groups is 1. The zero-order valence-corrected chi connectivity index (χ0v) is 17.4. The molecule has 1 heterocycles. The van der Waals surface area contributed by atoms with E-state index in [4.69, 9.17) is 4.74 Å². The van der Waals surface area contributed by atoms with Crippen molar-refractivity contribution in [2.75, 3.05) is 7.11 Å². The van der Waals surface area contributed by atoms with Gasteiger partial charge in [0.15, 0.2) is 16.7 Å². The summed E-state index contributed by atoms with van der Waals surface area (Å²) >= 11 is 1.39. The summed E-state index contributed by atoms with van der Waals surface area (Å²) < 4.78 is 5.07. The molecule has 29 heavy (non-hydrogen) atoms. The van der Waals surface area contributed by atoms with Crippen molar-refractivity contribution in [2.45, 2.75) is 37.9 Å². The fraction of sp³-hybridized carbons (Fsp3) is 0.318. The van der Waals surface area contributed by atoms with E-state index in [1.165, 1.54) is 43.3 Å². The Morgan fingerprint density at radius 1 is 1.21 bits per heavy atom. The van der Waals surface area contributed by atoms with Crippen LogP contribution in [-0.2, 0) is 17.6 Å². The average Bonchev–Trinajstić information content (AvgIpc) is 3.07. The van der Waals surface area contributed by atoms with Crippen LogP contribution in [-0.4, -0.2) is 34.8 Å².